The monoisotopic (exact) mass is 476 g/mol. The molecule has 0 aliphatic rings. The van der Waals surface area contributed by atoms with Gasteiger partial charge in [0.2, 0.25) is 0 Å². The van der Waals surface area contributed by atoms with E-state index in [1.165, 1.54) is 0 Å². The molecule has 0 fully saturated rings. The van der Waals surface area contributed by atoms with E-state index < -0.39 is 77.4 Å². The summed E-state index contributed by atoms with van der Waals surface area (Å²) >= 11 is -8.75. The van der Waals surface area contributed by atoms with Gasteiger partial charge < -0.3 is 0 Å². The average Bonchev–Trinajstić information content (AvgIpc) is 2.09. The van der Waals surface area contributed by atoms with Crippen LogP contribution in [0.2, 0.25) is 0 Å². The summed E-state index contributed by atoms with van der Waals surface area (Å²) in [5, 5.41) is 0. The summed E-state index contributed by atoms with van der Waals surface area (Å²) in [5.41, 5.74) is 0. The fourth-order valence-corrected chi connectivity index (χ4v) is 0. The van der Waals surface area contributed by atoms with Crippen LogP contribution in [0.4, 0.5) is 0 Å². The average molecular weight is 476 g/mol. The van der Waals surface area contributed by atoms with E-state index in [-0.39, 0.29) is 22.4 Å². The molecule has 10 nitrogen and oxygen atoms in total. The zero-order valence-electron chi connectivity index (χ0n) is 7.42. The van der Waals surface area contributed by atoms with Crippen molar-refractivity contribution >= 4 is 77.4 Å². The summed E-state index contributed by atoms with van der Waals surface area (Å²) < 4.78 is 84.6. The summed E-state index contributed by atoms with van der Waals surface area (Å²) in [6.45, 7) is 0. The Kier molecular flexibility index (Phi) is 214. The van der Waals surface area contributed by atoms with Crippen molar-refractivity contribution in [2.24, 2.45) is 0 Å². The van der Waals surface area contributed by atoms with Crippen LogP contribution < -0.4 is 20.8 Å². The molecule has 0 saturated carbocycles. The van der Waals surface area contributed by atoms with Crippen molar-refractivity contribution in [3.8, 4) is 0 Å². The number of rotatable bonds is 0. The van der Waals surface area contributed by atoms with Crippen molar-refractivity contribution in [2.45, 2.75) is 0 Å². The molecular formula is Al5O10Ta. The molecule has 0 N–H and O–H groups in total. The van der Waals surface area contributed by atoms with Crippen LogP contribution >= 0.6 is 0 Å². The van der Waals surface area contributed by atoms with Gasteiger partial charge in [0.05, 0.1) is 0 Å². The summed E-state index contributed by atoms with van der Waals surface area (Å²) in [6.07, 6.45) is 0. The summed E-state index contributed by atoms with van der Waals surface area (Å²) in [7, 11) is 0. The zero-order valence-corrected chi connectivity index (χ0v) is 16.4. The quantitative estimate of drug-likeness (QED) is 0.303. The molecule has 0 aromatic heterocycles. The first-order chi connectivity index (χ1) is 7.07. The van der Waals surface area contributed by atoms with Crippen LogP contribution in [0.1, 0.15) is 0 Å². The minimum absolute atomic E-state index is 0. The van der Waals surface area contributed by atoms with E-state index >= 15 is 0 Å². The Labute approximate surface area is 138 Å². The second-order valence-electron chi connectivity index (χ2n) is 0.481. The molecule has 0 aromatic carbocycles. The van der Waals surface area contributed by atoms with Crippen LogP contribution in [0.15, 0.2) is 0 Å². The van der Waals surface area contributed by atoms with Crippen LogP contribution in [0, 0.1) is 0 Å². The van der Waals surface area contributed by atoms with Crippen molar-refractivity contribution in [3.05, 3.63) is 0 Å². The zero-order chi connectivity index (χ0) is 13.5. The first-order valence-electron chi connectivity index (χ1n) is 2.36. The molecule has 0 saturated heterocycles. The predicted octanol–water partition coefficient (Wildman–Crippen LogP) is -8.45. The van der Waals surface area contributed by atoms with Crippen molar-refractivity contribution in [3.63, 3.8) is 0 Å². The van der Waals surface area contributed by atoms with Gasteiger partial charge in [0.25, 0.3) is 0 Å². The minimum Gasteiger partial charge on any atom is 5.00 e. The maximum atomic E-state index is 8.46. The van der Waals surface area contributed by atoms with E-state index in [1.807, 2.05) is 0 Å². The Hall–Kier alpha value is 1.40. The fourth-order valence-electron chi connectivity index (χ4n) is 0. The Morgan fingerprint density at radius 2 is 0.438 bits per heavy atom. The van der Waals surface area contributed by atoms with Gasteiger partial charge in [0.1, 0.15) is 0 Å². The maximum absolute atomic E-state index is 8.46. The van der Waals surface area contributed by atoms with Gasteiger partial charge in [-0.1, -0.05) is 0 Å². The van der Waals surface area contributed by atoms with Crippen molar-refractivity contribution < 1.29 is 62.2 Å². The van der Waals surface area contributed by atoms with Gasteiger partial charge in [-0.15, -0.1) is 0 Å². The van der Waals surface area contributed by atoms with Crippen LogP contribution in [0.5, 0.6) is 0 Å². The van der Waals surface area contributed by atoms with Crippen LogP contribution in [-0.2, 0) is 41.4 Å². The minimum atomic E-state index is -1.75. The Morgan fingerprint density at radius 1 is 0.438 bits per heavy atom. The van der Waals surface area contributed by atoms with E-state index in [9.17, 15) is 0 Å². The number of hydrogen-bond donors (Lipinski definition) is 0. The van der Waals surface area contributed by atoms with Gasteiger partial charge in [0, 0.05) is 0 Å². The SMILES string of the molecule is [O]=[Al][O-].[O]=[Al][O-].[O]=[Al][O-].[O]=[Al][O-].[O]=[Al][O-].[Ta+5]. The second-order valence-corrected chi connectivity index (χ2v) is 1.44. The molecule has 16 heavy (non-hydrogen) atoms. The Morgan fingerprint density at radius 3 is 0.438 bits per heavy atom. The van der Waals surface area contributed by atoms with E-state index in [2.05, 4.69) is 0 Å². The van der Waals surface area contributed by atoms with Gasteiger partial charge in [-0.2, -0.15) is 0 Å². The molecule has 0 heterocycles. The van der Waals surface area contributed by atoms with Gasteiger partial charge in [-0.25, -0.2) is 0 Å². The Balaban J connectivity index is -0.0000000192. The molecule has 0 aliphatic carbocycles. The number of hydrogen-bond acceptors (Lipinski definition) is 10. The Bertz CT molecular complexity index is 91.5. The molecule has 16 heteroatoms. The van der Waals surface area contributed by atoms with Gasteiger partial charge in [-0.05, 0) is 0 Å². The molecule has 0 atom stereocenters. The third kappa shape index (κ3) is 1620. The van der Waals surface area contributed by atoms with Crippen LogP contribution in [0.25, 0.3) is 0 Å². The third-order valence-corrected chi connectivity index (χ3v) is 0. The molecule has 0 amide bonds. The first kappa shape index (κ1) is 36.0. The van der Waals surface area contributed by atoms with E-state index in [1.54, 1.807) is 0 Å². The third-order valence-electron chi connectivity index (χ3n) is 0. The van der Waals surface area contributed by atoms with Gasteiger partial charge in [0.15, 0.2) is 0 Å². The van der Waals surface area contributed by atoms with E-state index in [0.717, 1.165) is 0 Å². The second kappa shape index (κ2) is 94.9. The van der Waals surface area contributed by atoms with Crippen molar-refractivity contribution in [2.75, 3.05) is 0 Å². The summed E-state index contributed by atoms with van der Waals surface area (Å²) in [5.74, 6) is 0. The molecule has 0 unspecified atom stereocenters. The molecule has 0 aliphatic heterocycles. The summed E-state index contributed by atoms with van der Waals surface area (Å²) in [6, 6.07) is 0. The largest absolute Gasteiger partial charge is 5.00 e. The van der Waals surface area contributed by atoms with Gasteiger partial charge >= 0.3 is 140 Å². The predicted molar refractivity (Wildman–Crippen MR) is 32.2 cm³/mol. The molecule has 0 bridgehead atoms. The summed E-state index contributed by atoms with van der Waals surface area (Å²) in [4.78, 5) is 0. The molecule has 80 valence electrons. The topological polar surface area (TPSA) is 201 Å². The smallest absolute Gasteiger partial charge is 5.00 e. The molecule has 0 aromatic rings. The van der Waals surface area contributed by atoms with Crippen LogP contribution in [0.3, 0.4) is 0 Å². The normalized spacial score (nSPS) is 2.50. The molecule has 0 spiro atoms. The molecular weight excluding hydrogens is 476 g/mol. The first-order valence-corrected chi connectivity index (χ1v) is 7.07. The van der Waals surface area contributed by atoms with Gasteiger partial charge in [-0.3, -0.25) is 0 Å². The van der Waals surface area contributed by atoms with Crippen molar-refractivity contribution in [1.29, 1.82) is 0 Å². The fraction of sp³-hybridized carbons (Fsp3) is 0. The van der Waals surface area contributed by atoms with Crippen LogP contribution in [-0.4, -0.2) is 77.4 Å². The molecule has 0 rings (SSSR count). The van der Waals surface area contributed by atoms with E-state index in [0.29, 0.717) is 0 Å². The van der Waals surface area contributed by atoms with Crippen molar-refractivity contribution in [1.82, 2.24) is 0 Å². The van der Waals surface area contributed by atoms with E-state index in [4.69, 9.17) is 39.8 Å². The standard InChI is InChI=1S/5Al.10O.Ta/q;;;;;;;;;;5*-1;+5. The molecule has 0 radical (unpaired) electrons. The maximum Gasteiger partial charge on any atom is 5.00 e.